The first kappa shape index (κ1) is 11.5. The van der Waals surface area contributed by atoms with E-state index < -0.39 is 5.97 Å². The largest absolute Gasteiger partial charge is 0.481 e. The number of aliphatic carboxylic acids is 1. The normalized spacial score (nSPS) is 19.1. The van der Waals surface area contributed by atoms with Gasteiger partial charge in [0.05, 0.1) is 6.10 Å². The van der Waals surface area contributed by atoms with E-state index in [1.807, 2.05) is 0 Å². The molecule has 0 unspecified atom stereocenters. The van der Waals surface area contributed by atoms with Crippen LogP contribution in [-0.4, -0.2) is 23.8 Å². The fourth-order valence-corrected chi connectivity index (χ4v) is 1.88. The Kier molecular flexibility index (Phi) is 5.60. The Bertz CT molecular complexity index is 160. The highest BCUT2D eigenvalue weighted by molar-refractivity contribution is 5.66. The van der Waals surface area contributed by atoms with E-state index in [-0.39, 0.29) is 6.42 Å². The molecule has 0 radical (unpaired) electrons. The van der Waals surface area contributed by atoms with E-state index in [1.54, 1.807) is 0 Å². The fraction of sp³-hybridized carbons (Fsp3) is 0.909. The summed E-state index contributed by atoms with van der Waals surface area (Å²) in [5, 5.41) is 8.44. The van der Waals surface area contributed by atoms with Crippen LogP contribution in [0.15, 0.2) is 0 Å². The monoisotopic (exact) mass is 200 g/mol. The number of carboxylic acids is 1. The molecule has 0 amide bonds. The Morgan fingerprint density at radius 1 is 1.21 bits per heavy atom. The Morgan fingerprint density at radius 2 is 1.86 bits per heavy atom. The van der Waals surface area contributed by atoms with Crippen LogP contribution >= 0.6 is 0 Å². The molecule has 1 aliphatic rings. The van der Waals surface area contributed by atoms with Crippen LogP contribution in [0.3, 0.4) is 0 Å². The van der Waals surface area contributed by atoms with E-state index in [0.717, 1.165) is 12.8 Å². The topological polar surface area (TPSA) is 46.5 Å². The van der Waals surface area contributed by atoms with E-state index in [1.165, 1.54) is 25.7 Å². The van der Waals surface area contributed by atoms with Gasteiger partial charge in [-0.3, -0.25) is 4.79 Å². The highest BCUT2D eigenvalue weighted by Crippen LogP contribution is 2.19. The number of hydrogen-bond acceptors (Lipinski definition) is 2. The van der Waals surface area contributed by atoms with Crippen LogP contribution < -0.4 is 0 Å². The summed E-state index contributed by atoms with van der Waals surface area (Å²) in [6.45, 7) is 0.608. The van der Waals surface area contributed by atoms with E-state index in [2.05, 4.69) is 0 Å². The van der Waals surface area contributed by atoms with Gasteiger partial charge < -0.3 is 9.84 Å². The lowest BCUT2D eigenvalue weighted by molar-refractivity contribution is -0.137. The number of ether oxygens (including phenoxy) is 1. The summed E-state index contributed by atoms with van der Waals surface area (Å²) in [5.74, 6) is -0.727. The molecular formula is C11H20O3. The Balaban J connectivity index is 2.01. The van der Waals surface area contributed by atoms with Crippen molar-refractivity contribution in [2.24, 2.45) is 0 Å². The third-order valence-electron chi connectivity index (χ3n) is 2.69. The lowest BCUT2D eigenvalue weighted by atomic mass is 10.1. The van der Waals surface area contributed by atoms with Gasteiger partial charge in [-0.05, 0) is 19.3 Å². The van der Waals surface area contributed by atoms with Gasteiger partial charge >= 0.3 is 5.97 Å². The SMILES string of the molecule is O=C(O)CCCOC1CCCCCC1. The van der Waals surface area contributed by atoms with Gasteiger partial charge in [-0.15, -0.1) is 0 Å². The minimum atomic E-state index is -0.727. The van der Waals surface area contributed by atoms with Gasteiger partial charge in [-0.1, -0.05) is 25.7 Å². The zero-order chi connectivity index (χ0) is 10.2. The zero-order valence-electron chi connectivity index (χ0n) is 8.71. The van der Waals surface area contributed by atoms with Gasteiger partial charge in [0.25, 0.3) is 0 Å². The minimum Gasteiger partial charge on any atom is -0.481 e. The third kappa shape index (κ3) is 5.22. The average Bonchev–Trinajstić information content (AvgIpc) is 2.40. The van der Waals surface area contributed by atoms with Crippen molar-refractivity contribution >= 4 is 5.97 Å². The van der Waals surface area contributed by atoms with Crippen LogP contribution in [0.2, 0.25) is 0 Å². The Morgan fingerprint density at radius 3 is 2.43 bits per heavy atom. The molecule has 82 valence electrons. The first-order valence-electron chi connectivity index (χ1n) is 5.62. The van der Waals surface area contributed by atoms with Crippen LogP contribution in [-0.2, 0) is 9.53 Å². The quantitative estimate of drug-likeness (QED) is 0.548. The molecule has 0 spiro atoms. The minimum absolute atomic E-state index is 0.229. The summed E-state index contributed by atoms with van der Waals surface area (Å²) < 4.78 is 5.65. The van der Waals surface area contributed by atoms with E-state index in [4.69, 9.17) is 9.84 Å². The van der Waals surface area contributed by atoms with Crippen LogP contribution in [0.1, 0.15) is 51.4 Å². The molecule has 3 heteroatoms. The molecule has 0 atom stereocenters. The smallest absolute Gasteiger partial charge is 0.303 e. The maximum absolute atomic E-state index is 10.2. The number of carboxylic acid groups (broad SMARTS) is 1. The highest BCUT2D eigenvalue weighted by Gasteiger charge is 2.12. The molecular weight excluding hydrogens is 180 g/mol. The predicted molar refractivity (Wildman–Crippen MR) is 54.3 cm³/mol. The lowest BCUT2D eigenvalue weighted by Crippen LogP contribution is -2.13. The first-order valence-corrected chi connectivity index (χ1v) is 5.62. The summed E-state index contributed by atoms with van der Waals surface area (Å²) in [6.07, 6.45) is 8.78. The molecule has 1 N–H and O–H groups in total. The highest BCUT2D eigenvalue weighted by atomic mass is 16.5. The standard InChI is InChI=1S/C11H20O3/c12-11(13)8-5-9-14-10-6-3-1-2-4-7-10/h10H,1-9H2,(H,12,13). The average molecular weight is 200 g/mol. The van der Waals surface area contributed by atoms with Crippen molar-refractivity contribution < 1.29 is 14.6 Å². The Hall–Kier alpha value is -0.570. The first-order chi connectivity index (χ1) is 6.79. The van der Waals surface area contributed by atoms with E-state index in [9.17, 15) is 4.79 Å². The van der Waals surface area contributed by atoms with Gasteiger partial charge in [0.15, 0.2) is 0 Å². The number of hydrogen-bond donors (Lipinski definition) is 1. The summed E-state index contributed by atoms with van der Waals surface area (Å²) >= 11 is 0. The maximum atomic E-state index is 10.2. The lowest BCUT2D eigenvalue weighted by Gasteiger charge is -2.14. The van der Waals surface area contributed by atoms with Gasteiger partial charge in [-0.25, -0.2) is 0 Å². The molecule has 0 heterocycles. The third-order valence-corrected chi connectivity index (χ3v) is 2.69. The van der Waals surface area contributed by atoms with Crippen molar-refractivity contribution in [3.8, 4) is 0 Å². The van der Waals surface area contributed by atoms with Crippen molar-refractivity contribution in [1.29, 1.82) is 0 Å². The molecule has 1 rings (SSSR count). The molecule has 1 saturated carbocycles. The molecule has 1 aliphatic carbocycles. The van der Waals surface area contributed by atoms with E-state index >= 15 is 0 Å². The molecule has 0 saturated heterocycles. The molecule has 14 heavy (non-hydrogen) atoms. The number of carbonyl (C=O) groups is 1. The van der Waals surface area contributed by atoms with Crippen molar-refractivity contribution in [3.05, 3.63) is 0 Å². The van der Waals surface area contributed by atoms with E-state index in [0.29, 0.717) is 19.1 Å². The van der Waals surface area contributed by atoms with Crippen LogP contribution in [0, 0.1) is 0 Å². The van der Waals surface area contributed by atoms with Crippen LogP contribution in [0.25, 0.3) is 0 Å². The summed E-state index contributed by atoms with van der Waals surface area (Å²) in [4.78, 5) is 10.2. The van der Waals surface area contributed by atoms with Gasteiger partial charge in [0.1, 0.15) is 0 Å². The predicted octanol–water partition coefficient (Wildman–Crippen LogP) is 2.59. The molecule has 0 aliphatic heterocycles. The second kappa shape index (κ2) is 6.82. The Labute approximate surface area is 85.5 Å². The second-order valence-electron chi connectivity index (χ2n) is 3.98. The summed E-state index contributed by atoms with van der Waals surface area (Å²) in [7, 11) is 0. The maximum Gasteiger partial charge on any atom is 0.303 e. The number of rotatable bonds is 5. The molecule has 0 aromatic rings. The van der Waals surface area contributed by atoms with Crippen molar-refractivity contribution in [2.45, 2.75) is 57.5 Å². The summed E-state index contributed by atoms with van der Waals surface area (Å²) in [5.41, 5.74) is 0. The zero-order valence-corrected chi connectivity index (χ0v) is 8.71. The van der Waals surface area contributed by atoms with Gasteiger partial charge in [-0.2, -0.15) is 0 Å². The molecule has 1 fully saturated rings. The van der Waals surface area contributed by atoms with Gasteiger partial charge in [0, 0.05) is 13.0 Å². The van der Waals surface area contributed by atoms with Crippen molar-refractivity contribution in [3.63, 3.8) is 0 Å². The molecule has 0 aromatic heterocycles. The second-order valence-corrected chi connectivity index (χ2v) is 3.98. The molecule has 3 nitrogen and oxygen atoms in total. The molecule has 0 bridgehead atoms. The van der Waals surface area contributed by atoms with Crippen molar-refractivity contribution in [2.75, 3.05) is 6.61 Å². The fourth-order valence-electron chi connectivity index (χ4n) is 1.88. The summed E-state index contributed by atoms with van der Waals surface area (Å²) in [6, 6.07) is 0. The van der Waals surface area contributed by atoms with Gasteiger partial charge in [0.2, 0.25) is 0 Å². The molecule has 0 aromatic carbocycles. The van der Waals surface area contributed by atoms with Crippen LogP contribution in [0.4, 0.5) is 0 Å². The van der Waals surface area contributed by atoms with Crippen molar-refractivity contribution in [1.82, 2.24) is 0 Å². The van der Waals surface area contributed by atoms with Crippen LogP contribution in [0.5, 0.6) is 0 Å².